The molecule has 0 aliphatic carbocycles. The minimum Gasteiger partial charge on any atom is -0.343 e. The normalized spacial score (nSPS) is 16.2. The van der Waals surface area contributed by atoms with E-state index in [0.717, 1.165) is 27.8 Å². The number of piperidine rings is 1. The Bertz CT molecular complexity index is 1030. The Balaban J connectivity index is 1.98. The van der Waals surface area contributed by atoms with E-state index >= 15 is 0 Å². The molecule has 10 heteroatoms. The first-order valence-electron chi connectivity index (χ1n) is 10.5. The summed E-state index contributed by atoms with van der Waals surface area (Å²) in [6.45, 7) is 10.4. The maximum atomic E-state index is 13.0. The number of nitrogens with one attached hydrogen (secondary N) is 1. The molecule has 0 spiro atoms. The van der Waals surface area contributed by atoms with E-state index in [9.17, 15) is 21.6 Å². The van der Waals surface area contributed by atoms with Crippen molar-refractivity contribution in [2.45, 2.75) is 64.8 Å². The minimum atomic E-state index is -3.74. The van der Waals surface area contributed by atoms with Crippen LogP contribution in [0.1, 0.15) is 47.1 Å². The SMILES string of the molecule is Cc1c(C)c(C)c(S(=O)(=O)NCCC(=O)N2CCC(N(C)S(C)(=O)=O)CC2)c(C)c1C. The standard InChI is InChI=1S/C21H35N3O5S2/c1-14-15(2)17(4)21(18(5)16(14)3)31(28,29)22-11-8-20(25)24-12-9-19(10-13-24)23(6)30(7,26)27/h19,22H,8-13H2,1-7H3. The molecule has 2 rings (SSSR count). The van der Waals surface area contributed by atoms with Crippen LogP contribution in [0.3, 0.4) is 0 Å². The van der Waals surface area contributed by atoms with Gasteiger partial charge in [0.15, 0.2) is 0 Å². The highest BCUT2D eigenvalue weighted by Crippen LogP contribution is 2.29. The molecule has 1 amide bonds. The molecule has 176 valence electrons. The van der Waals surface area contributed by atoms with E-state index in [1.807, 2.05) is 34.6 Å². The van der Waals surface area contributed by atoms with E-state index in [0.29, 0.717) is 30.8 Å². The molecular weight excluding hydrogens is 438 g/mol. The van der Waals surface area contributed by atoms with Gasteiger partial charge in [-0.3, -0.25) is 4.79 Å². The molecule has 0 aromatic heterocycles. The molecule has 0 bridgehead atoms. The molecule has 1 aliphatic rings. The van der Waals surface area contributed by atoms with Crippen molar-refractivity contribution < 1.29 is 21.6 Å². The quantitative estimate of drug-likeness (QED) is 0.650. The van der Waals surface area contributed by atoms with Crippen LogP contribution in [0.2, 0.25) is 0 Å². The van der Waals surface area contributed by atoms with Gasteiger partial charge in [-0.05, 0) is 75.3 Å². The maximum absolute atomic E-state index is 13.0. The van der Waals surface area contributed by atoms with Crippen molar-refractivity contribution in [3.8, 4) is 0 Å². The number of amides is 1. The van der Waals surface area contributed by atoms with E-state index in [4.69, 9.17) is 0 Å². The molecule has 1 heterocycles. The van der Waals surface area contributed by atoms with Gasteiger partial charge in [-0.1, -0.05) is 0 Å². The van der Waals surface area contributed by atoms with E-state index in [1.165, 1.54) is 10.6 Å². The highest BCUT2D eigenvalue weighted by molar-refractivity contribution is 7.89. The monoisotopic (exact) mass is 473 g/mol. The lowest BCUT2D eigenvalue weighted by atomic mass is 9.95. The third kappa shape index (κ3) is 5.66. The first-order chi connectivity index (χ1) is 14.2. The second-order valence-electron chi connectivity index (χ2n) is 8.49. The summed E-state index contributed by atoms with van der Waals surface area (Å²) in [5.41, 5.74) is 4.48. The van der Waals surface area contributed by atoms with E-state index in [2.05, 4.69) is 4.72 Å². The fourth-order valence-corrected chi connectivity index (χ4v) is 6.52. The van der Waals surface area contributed by atoms with E-state index in [-0.39, 0.29) is 24.9 Å². The van der Waals surface area contributed by atoms with Crippen LogP contribution in [0.5, 0.6) is 0 Å². The third-order valence-electron chi connectivity index (χ3n) is 6.69. The zero-order chi connectivity index (χ0) is 23.7. The Hall–Kier alpha value is -1.49. The minimum absolute atomic E-state index is 0.0230. The first-order valence-corrected chi connectivity index (χ1v) is 13.8. The molecule has 31 heavy (non-hydrogen) atoms. The molecule has 1 saturated heterocycles. The van der Waals surface area contributed by atoms with Crippen molar-refractivity contribution in [2.75, 3.05) is 32.9 Å². The second kappa shape index (κ2) is 9.56. The Morgan fingerprint density at radius 3 is 1.84 bits per heavy atom. The first kappa shape index (κ1) is 25.8. The average Bonchev–Trinajstić information content (AvgIpc) is 2.69. The van der Waals surface area contributed by atoms with E-state index < -0.39 is 20.0 Å². The van der Waals surface area contributed by atoms with Crippen molar-refractivity contribution in [3.63, 3.8) is 0 Å². The molecule has 1 fully saturated rings. The van der Waals surface area contributed by atoms with Crippen LogP contribution in [0.25, 0.3) is 0 Å². The summed E-state index contributed by atoms with van der Waals surface area (Å²) in [5.74, 6) is -0.132. The number of sulfonamides is 2. The fraction of sp³-hybridized carbons (Fsp3) is 0.667. The number of likely N-dealkylation sites (tertiary alicyclic amines) is 1. The Morgan fingerprint density at radius 2 is 1.39 bits per heavy atom. The number of carbonyl (C=O) groups is 1. The van der Waals surface area contributed by atoms with Crippen LogP contribution in [0.15, 0.2) is 4.90 Å². The van der Waals surface area contributed by atoms with Crippen molar-refractivity contribution >= 4 is 26.0 Å². The van der Waals surface area contributed by atoms with Crippen LogP contribution in [0, 0.1) is 34.6 Å². The Morgan fingerprint density at radius 1 is 0.935 bits per heavy atom. The summed E-state index contributed by atoms with van der Waals surface area (Å²) in [5, 5.41) is 0. The summed E-state index contributed by atoms with van der Waals surface area (Å²) in [4.78, 5) is 14.5. The molecule has 1 N–H and O–H groups in total. The van der Waals surface area contributed by atoms with Gasteiger partial charge in [0.25, 0.3) is 0 Å². The van der Waals surface area contributed by atoms with Crippen LogP contribution in [-0.4, -0.2) is 70.9 Å². The molecule has 8 nitrogen and oxygen atoms in total. The zero-order valence-electron chi connectivity index (χ0n) is 19.6. The van der Waals surface area contributed by atoms with E-state index in [1.54, 1.807) is 11.9 Å². The highest BCUT2D eigenvalue weighted by atomic mass is 32.2. The van der Waals surface area contributed by atoms with Crippen molar-refractivity contribution in [2.24, 2.45) is 0 Å². The van der Waals surface area contributed by atoms with Gasteiger partial charge >= 0.3 is 0 Å². The number of carbonyl (C=O) groups excluding carboxylic acids is 1. The molecule has 1 aromatic carbocycles. The number of rotatable bonds is 7. The average molecular weight is 474 g/mol. The fourth-order valence-electron chi connectivity index (χ4n) is 4.14. The summed E-state index contributed by atoms with van der Waals surface area (Å²) in [7, 11) is -5.44. The molecule has 0 unspecified atom stereocenters. The lowest BCUT2D eigenvalue weighted by molar-refractivity contribution is -0.132. The molecule has 1 aliphatic heterocycles. The largest absolute Gasteiger partial charge is 0.343 e. The summed E-state index contributed by atoms with van der Waals surface area (Å²) in [6, 6.07) is -0.114. The lowest BCUT2D eigenvalue weighted by Crippen LogP contribution is -2.47. The van der Waals surface area contributed by atoms with Crippen molar-refractivity contribution in [1.82, 2.24) is 13.9 Å². The van der Waals surface area contributed by atoms with Gasteiger partial charge in [0.2, 0.25) is 26.0 Å². The van der Waals surface area contributed by atoms with Gasteiger partial charge in [-0.2, -0.15) is 0 Å². The third-order valence-corrected chi connectivity index (χ3v) is 9.76. The van der Waals surface area contributed by atoms with Gasteiger partial charge < -0.3 is 4.90 Å². The van der Waals surface area contributed by atoms with Crippen molar-refractivity contribution in [3.05, 3.63) is 27.8 Å². The van der Waals surface area contributed by atoms with Gasteiger partial charge in [0.1, 0.15) is 0 Å². The highest BCUT2D eigenvalue weighted by Gasteiger charge is 2.29. The van der Waals surface area contributed by atoms with Gasteiger partial charge in [0, 0.05) is 39.1 Å². The van der Waals surface area contributed by atoms with Crippen LogP contribution < -0.4 is 4.72 Å². The molecule has 0 atom stereocenters. The summed E-state index contributed by atoms with van der Waals surface area (Å²) in [6.07, 6.45) is 2.38. The number of benzene rings is 1. The van der Waals surface area contributed by atoms with Gasteiger partial charge in [-0.25, -0.2) is 25.9 Å². The Kier molecular flexibility index (Phi) is 7.95. The number of nitrogens with zero attached hydrogens (tertiary/aromatic N) is 2. The Labute approximate surface area is 187 Å². The van der Waals surface area contributed by atoms with Gasteiger partial charge in [-0.15, -0.1) is 0 Å². The molecule has 1 aromatic rings. The molecule has 0 saturated carbocycles. The predicted octanol–water partition coefficient (Wildman–Crippen LogP) is 1.78. The molecule has 0 radical (unpaired) electrons. The second-order valence-corrected chi connectivity index (χ2v) is 12.2. The van der Waals surface area contributed by atoms with Crippen molar-refractivity contribution in [1.29, 1.82) is 0 Å². The maximum Gasteiger partial charge on any atom is 0.241 e. The van der Waals surface area contributed by atoms with Crippen LogP contribution >= 0.6 is 0 Å². The number of hydrogen-bond acceptors (Lipinski definition) is 5. The zero-order valence-corrected chi connectivity index (χ0v) is 21.2. The summed E-state index contributed by atoms with van der Waals surface area (Å²) >= 11 is 0. The predicted molar refractivity (Wildman–Crippen MR) is 122 cm³/mol. The lowest BCUT2D eigenvalue weighted by Gasteiger charge is -2.35. The molecular formula is C21H35N3O5S2. The smallest absolute Gasteiger partial charge is 0.241 e. The van der Waals surface area contributed by atoms with Crippen LogP contribution in [-0.2, 0) is 24.8 Å². The van der Waals surface area contributed by atoms with Crippen LogP contribution in [0.4, 0.5) is 0 Å². The van der Waals surface area contributed by atoms with Gasteiger partial charge in [0.05, 0.1) is 11.2 Å². The number of hydrogen-bond donors (Lipinski definition) is 1. The summed E-state index contributed by atoms with van der Waals surface area (Å²) < 4.78 is 53.2. The topological polar surface area (TPSA) is 104 Å².